The predicted octanol–water partition coefficient (Wildman–Crippen LogP) is 1.74. The third kappa shape index (κ3) is 2.57. The molecule has 0 aliphatic heterocycles. The van der Waals surface area contributed by atoms with Gasteiger partial charge in [-0.3, -0.25) is 14.6 Å². The van der Waals surface area contributed by atoms with Gasteiger partial charge in [-0.25, -0.2) is 0 Å². The van der Waals surface area contributed by atoms with E-state index in [1.54, 1.807) is 13.8 Å². The van der Waals surface area contributed by atoms with Crippen LogP contribution >= 0.6 is 11.3 Å². The first-order valence-corrected chi connectivity index (χ1v) is 7.27. The highest BCUT2D eigenvalue weighted by molar-refractivity contribution is 7.13. The van der Waals surface area contributed by atoms with Gasteiger partial charge < -0.3 is 5.32 Å². The van der Waals surface area contributed by atoms with E-state index in [9.17, 15) is 9.59 Å². The number of fused-ring (bicyclic) bond motifs is 1. The van der Waals surface area contributed by atoms with E-state index in [1.165, 1.54) is 21.9 Å². The van der Waals surface area contributed by atoms with E-state index in [4.69, 9.17) is 0 Å². The molecule has 2 N–H and O–H groups in total. The first-order valence-electron chi connectivity index (χ1n) is 6.39. The largest absolute Gasteiger partial charge is 0.310 e. The Hall–Kier alpha value is -2.48. The molecule has 8 heteroatoms. The van der Waals surface area contributed by atoms with Gasteiger partial charge in [-0.1, -0.05) is 19.9 Å². The zero-order valence-corrected chi connectivity index (χ0v) is 12.3. The zero-order valence-electron chi connectivity index (χ0n) is 11.5. The summed E-state index contributed by atoms with van der Waals surface area (Å²) in [7, 11) is 0. The van der Waals surface area contributed by atoms with Gasteiger partial charge in [0, 0.05) is 12.0 Å². The van der Waals surface area contributed by atoms with Crippen LogP contribution in [0.15, 0.2) is 28.4 Å². The second-order valence-corrected chi connectivity index (χ2v) is 5.76. The number of hydrogen-bond acceptors (Lipinski definition) is 5. The molecule has 0 aliphatic rings. The molecule has 0 aromatic carbocycles. The van der Waals surface area contributed by atoms with E-state index in [0.29, 0.717) is 17.4 Å². The monoisotopic (exact) mass is 303 g/mol. The highest BCUT2D eigenvalue weighted by Crippen LogP contribution is 2.22. The molecule has 3 heterocycles. The molecule has 0 radical (unpaired) electrons. The summed E-state index contributed by atoms with van der Waals surface area (Å²) in [5, 5.41) is 8.95. The summed E-state index contributed by atoms with van der Waals surface area (Å²) >= 11 is 1.50. The molecule has 3 aromatic heterocycles. The first-order chi connectivity index (χ1) is 10.0. The molecular formula is C13H13N5O2S. The van der Waals surface area contributed by atoms with Gasteiger partial charge >= 0.3 is 0 Å². The molecule has 21 heavy (non-hydrogen) atoms. The van der Waals surface area contributed by atoms with Crippen LogP contribution in [0.5, 0.6) is 0 Å². The Labute approximate surface area is 123 Å². The lowest BCUT2D eigenvalue weighted by molar-refractivity contribution is -0.118. The van der Waals surface area contributed by atoms with Gasteiger partial charge in [-0.05, 0) is 11.4 Å². The Balaban J connectivity index is 2.11. The van der Waals surface area contributed by atoms with E-state index in [0.717, 1.165) is 4.88 Å². The molecule has 0 saturated carbocycles. The van der Waals surface area contributed by atoms with Crippen molar-refractivity contribution < 1.29 is 4.79 Å². The number of amides is 1. The van der Waals surface area contributed by atoms with Crippen molar-refractivity contribution >= 4 is 28.8 Å². The van der Waals surface area contributed by atoms with Crippen LogP contribution in [-0.4, -0.2) is 25.5 Å². The third-order valence-electron chi connectivity index (χ3n) is 2.86. The number of carbonyl (C=O) groups is 1. The van der Waals surface area contributed by atoms with E-state index in [2.05, 4.69) is 20.4 Å². The number of hydrogen-bond donors (Lipinski definition) is 2. The summed E-state index contributed by atoms with van der Waals surface area (Å²) in [5.74, 6) is 0.731. The van der Waals surface area contributed by atoms with Gasteiger partial charge in [0.2, 0.25) is 11.7 Å². The molecule has 108 valence electrons. The highest BCUT2D eigenvalue weighted by Gasteiger charge is 2.14. The van der Waals surface area contributed by atoms with Crippen molar-refractivity contribution in [3.05, 3.63) is 33.9 Å². The van der Waals surface area contributed by atoms with Crippen molar-refractivity contribution in [2.45, 2.75) is 13.8 Å². The van der Waals surface area contributed by atoms with Crippen molar-refractivity contribution in [2.75, 3.05) is 5.32 Å². The molecule has 0 spiro atoms. The Kier molecular flexibility index (Phi) is 3.30. The second-order valence-electron chi connectivity index (χ2n) is 4.81. The summed E-state index contributed by atoms with van der Waals surface area (Å²) in [6.07, 6.45) is 0. The quantitative estimate of drug-likeness (QED) is 0.771. The highest BCUT2D eigenvalue weighted by atomic mass is 32.1. The molecule has 7 nitrogen and oxygen atoms in total. The van der Waals surface area contributed by atoms with Crippen molar-refractivity contribution in [1.29, 1.82) is 0 Å². The normalized spacial score (nSPS) is 11.2. The average molecular weight is 303 g/mol. The van der Waals surface area contributed by atoms with Crippen LogP contribution in [0.1, 0.15) is 13.8 Å². The standard InChI is InChI=1S/C13H13N5O2S/c1-7(2)12(20)14-9-6-10(19)15-13-16-11(17-18(9)13)8-4-3-5-21-8/h3-7H,1-2H3,(H,14,20)(H,15,16,17,19). The molecule has 0 bridgehead atoms. The lowest BCUT2D eigenvalue weighted by Gasteiger charge is -2.07. The molecule has 0 atom stereocenters. The van der Waals surface area contributed by atoms with Gasteiger partial charge in [0.25, 0.3) is 5.56 Å². The topological polar surface area (TPSA) is 92.1 Å². The van der Waals surface area contributed by atoms with Gasteiger partial charge in [0.05, 0.1) is 4.88 Å². The lowest BCUT2D eigenvalue weighted by Crippen LogP contribution is -2.22. The Morgan fingerprint density at radius 2 is 2.29 bits per heavy atom. The van der Waals surface area contributed by atoms with Crippen molar-refractivity contribution in [2.24, 2.45) is 5.92 Å². The number of H-pyrrole nitrogens is 1. The van der Waals surface area contributed by atoms with Crippen LogP contribution in [0, 0.1) is 5.92 Å². The van der Waals surface area contributed by atoms with Crippen LogP contribution in [0.4, 0.5) is 5.82 Å². The fraction of sp³-hybridized carbons (Fsp3) is 0.231. The Morgan fingerprint density at radius 3 is 2.95 bits per heavy atom. The number of carbonyl (C=O) groups excluding carboxylic acids is 1. The van der Waals surface area contributed by atoms with E-state index in [-0.39, 0.29) is 17.4 Å². The van der Waals surface area contributed by atoms with Crippen LogP contribution in [-0.2, 0) is 4.79 Å². The van der Waals surface area contributed by atoms with Gasteiger partial charge in [-0.15, -0.1) is 16.4 Å². The molecule has 1 amide bonds. The first kappa shape index (κ1) is 13.5. The number of aromatic nitrogens is 4. The smallest absolute Gasteiger partial charge is 0.254 e. The minimum atomic E-state index is -0.341. The van der Waals surface area contributed by atoms with Gasteiger partial charge in [0.15, 0.2) is 5.82 Å². The zero-order chi connectivity index (χ0) is 15.0. The fourth-order valence-electron chi connectivity index (χ4n) is 1.76. The summed E-state index contributed by atoms with van der Waals surface area (Å²) in [6.45, 7) is 3.55. The summed E-state index contributed by atoms with van der Waals surface area (Å²) < 4.78 is 1.43. The van der Waals surface area contributed by atoms with Crippen LogP contribution in [0.2, 0.25) is 0 Å². The number of anilines is 1. The number of nitrogens with zero attached hydrogens (tertiary/aromatic N) is 3. The van der Waals surface area contributed by atoms with Crippen molar-refractivity contribution in [3.63, 3.8) is 0 Å². The average Bonchev–Trinajstić information content (AvgIpc) is 3.06. The number of thiophene rings is 1. The molecular weight excluding hydrogens is 290 g/mol. The third-order valence-corrected chi connectivity index (χ3v) is 3.72. The maximum absolute atomic E-state index is 11.8. The summed E-state index contributed by atoms with van der Waals surface area (Å²) in [5.41, 5.74) is -0.341. The SMILES string of the molecule is CC(C)C(=O)Nc1cc(=O)[nH]c2nc(-c3cccs3)nn12. The molecule has 0 fully saturated rings. The summed E-state index contributed by atoms with van der Waals surface area (Å²) in [6, 6.07) is 5.08. The fourth-order valence-corrected chi connectivity index (χ4v) is 2.42. The van der Waals surface area contributed by atoms with Crippen LogP contribution in [0.3, 0.4) is 0 Å². The molecule has 0 saturated heterocycles. The van der Waals surface area contributed by atoms with Crippen LogP contribution < -0.4 is 10.9 Å². The Bertz CT molecular complexity index is 847. The molecule has 3 aromatic rings. The number of nitrogens with one attached hydrogen (secondary N) is 2. The minimum absolute atomic E-state index is 0.185. The number of aromatic amines is 1. The maximum Gasteiger partial charge on any atom is 0.254 e. The Morgan fingerprint density at radius 1 is 1.48 bits per heavy atom. The van der Waals surface area contributed by atoms with E-state index < -0.39 is 0 Å². The molecule has 3 rings (SSSR count). The molecule has 0 unspecified atom stereocenters. The van der Waals surface area contributed by atoms with Crippen molar-refractivity contribution in [1.82, 2.24) is 19.6 Å². The lowest BCUT2D eigenvalue weighted by atomic mass is 10.2. The molecule has 0 aliphatic carbocycles. The van der Waals surface area contributed by atoms with Crippen molar-refractivity contribution in [3.8, 4) is 10.7 Å². The summed E-state index contributed by atoms with van der Waals surface area (Å²) in [4.78, 5) is 31.3. The number of rotatable bonds is 3. The maximum atomic E-state index is 11.8. The van der Waals surface area contributed by atoms with Crippen LogP contribution in [0.25, 0.3) is 16.5 Å². The van der Waals surface area contributed by atoms with E-state index in [1.807, 2.05) is 17.5 Å². The minimum Gasteiger partial charge on any atom is -0.310 e. The van der Waals surface area contributed by atoms with Gasteiger partial charge in [0.1, 0.15) is 5.82 Å². The van der Waals surface area contributed by atoms with Gasteiger partial charge in [-0.2, -0.15) is 9.50 Å². The van der Waals surface area contributed by atoms with E-state index >= 15 is 0 Å². The predicted molar refractivity (Wildman–Crippen MR) is 80.4 cm³/mol. The second kappa shape index (κ2) is 5.13.